The van der Waals surface area contributed by atoms with E-state index in [-0.39, 0.29) is 11.9 Å². The van der Waals surface area contributed by atoms with Crippen LogP contribution in [-0.4, -0.2) is 32.3 Å². The summed E-state index contributed by atoms with van der Waals surface area (Å²) in [6, 6.07) is 13.6. The Morgan fingerprint density at radius 1 is 1.03 bits per heavy atom. The smallest absolute Gasteiger partial charge is 0.247 e. The summed E-state index contributed by atoms with van der Waals surface area (Å²) in [6.07, 6.45) is 10.4. The molecule has 1 saturated heterocycles. The molecular formula is C23H23N5O. The lowest BCUT2D eigenvalue weighted by Gasteiger charge is -2.24. The van der Waals surface area contributed by atoms with Crippen LogP contribution < -0.4 is 5.32 Å². The SMILES string of the molecule is Cc1cccnc1Nc1nccnc1C1CCCN1C(=O)/C=C/c1ccccc1. The van der Waals surface area contributed by atoms with Crippen molar-refractivity contribution in [2.45, 2.75) is 25.8 Å². The normalized spacial score (nSPS) is 16.3. The minimum Gasteiger partial charge on any atom is -0.330 e. The number of aromatic nitrogens is 3. The Bertz CT molecular complexity index is 1020. The third kappa shape index (κ3) is 4.32. The molecule has 1 N–H and O–H groups in total. The Morgan fingerprint density at radius 2 is 1.83 bits per heavy atom. The lowest BCUT2D eigenvalue weighted by atomic mass is 10.1. The van der Waals surface area contributed by atoms with E-state index in [0.717, 1.165) is 35.5 Å². The van der Waals surface area contributed by atoms with Gasteiger partial charge in [-0.2, -0.15) is 0 Å². The van der Waals surface area contributed by atoms with Gasteiger partial charge in [-0.1, -0.05) is 36.4 Å². The number of aryl methyl sites for hydroxylation is 1. The number of hydrogen-bond acceptors (Lipinski definition) is 5. The van der Waals surface area contributed by atoms with E-state index >= 15 is 0 Å². The molecule has 0 radical (unpaired) electrons. The van der Waals surface area contributed by atoms with Gasteiger partial charge in [0.1, 0.15) is 11.5 Å². The Hall–Kier alpha value is -3.54. The molecule has 29 heavy (non-hydrogen) atoms. The van der Waals surface area contributed by atoms with Gasteiger partial charge in [-0.25, -0.2) is 9.97 Å². The van der Waals surface area contributed by atoms with Crippen molar-refractivity contribution in [3.05, 3.63) is 84.0 Å². The molecular weight excluding hydrogens is 362 g/mol. The Kier molecular flexibility index (Phi) is 5.61. The van der Waals surface area contributed by atoms with Gasteiger partial charge in [0.15, 0.2) is 5.82 Å². The first-order chi connectivity index (χ1) is 14.2. The average molecular weight is 385 g/mol. The monoisotopic (exact) mass is 385 g/mol. The highest BCUT2D eigenvalue weighted by molar-refractivity contribution is 5.92. The minimum atomic E-state index is -0.108. The lowest BCUT2D eigenvalue weighted by Crippen LogP contribution is -2.30. The predicted molar refractivity (Wildman–Crippen MR) is 113 cm³/mol. The summed E-state index contributed by atoms with van der Waals surface area (Å²) in [5, 5.41) is 3.29. The molecule has 1 aliphatic heterocycles. The van der Waals surface area contributed by atoms with E-state index in [4.69, 9.17) is 0 Å². The third-order valence-electron chi connectivity index (χ3n) is 5.04. The summed E-state index contributed by atoms with van der Waals surface area (Å²) in [5.74, 6) is 1.38. The van der Waals surface area contributed by atoms with E-state index < -0.39 is 0 Å². The molecule has 1 atom stereocenters. The Balaban J connectivity index is 1.57. The van der Waals surface area contributed by atoms with Crippen LogP contribution in [0, 0.1) is 6.92 Å². The molecule has 0 aliphatic carbocycles. The highest BCUT2D eigenvalue weighted by Crippen LogP contribution is 2.35. The van der Waals surface area contributed by atoms with Crippen molar-refractivity contribution in [2.75, 3.05) is 11.9 Å². The number of rotatable bonds is 5. The molecule has 2 aromatic heterocycles. The summed E-state index contributed by atoms with van der Waals surface area (Å²) in [6.45, 7) is 2.70. The number of nitrogens with zero attached hydrogens (tertiary/aromatic N) is 4. The zero-order valence-electron chi connectivity index (χ0n) is 16.3. The molecule has 1 unspecified atom stereocenters. The Labute approximate surface area is 170 Å². The number of pyridine rings is 1. The van der Waals surface area contributed by atoms with Crippen molar-refractivity contribution in [3.8, 4) is 0 Å². The van der Waals surface area contributed by atoms with Crippen molar-refractivity contribution >= 4 is 23.6 Å². The maximum absolute atomic E-state index is 12.9. The molecule has 4 rings (SSSR count). The van der Waals surface area contributed by atoms with E-state index in [1.54, 1.807) is 24.7 Å². The van der Waals surface area contributed by atoms with Gasteiger partial charge in [0.2, 0.25) is 5.91 Å². The molecule has 0 spiro atoms. The third-order valence-corrected chi connectivity index (χ3v) is 5.04. The van der Waals surface area contributed by atoms with Gasteiger partial charge in [0, 0.05) is 31.2 Å². The maximum atomic E-state index is 12.9. The summed E-state index contributed by atoms with van der Waals surface area (Å²) in [5.41, 5.74) is 2.80. The number of nitrogens with one attached hydrogen (secondary N) is 1. The van der Waals surface area contributed by atoms with E-state index in [1.165, 1.54) is 0 Å². The first-order valence-corrected chi connectivity index (χ1v) is 9.75. The molecule has 146 valence electrons. The largest absolute Gasteiger partial charge is 0.330 e. The molecule has 1 fully saturated rings. The minimum absolute atomic E-state index is 0.0121. The van der Waals surface area contributed by atoms with Gasteiger partial charge < -0.3 is 10.2 Å². The number of likely N-dealkylation sites (tertiary alicyclic amines) is 1. The van der Waals surface area contributed by atoms with Gasteiger partial charge in [0.05, 0.1) is 6.04 Å². The molecule has 0 bridgehead atoms. The van der Waals surface area contributed by atoms with E-state index in [2.05, 4.69) is 20.3 Å². The number of anilines is 2. The highest BCUT2D eigenvalue weighted by Gasteiger charge is 2.32. The highest BCUT2D eigenvalue weighted by atomic mass is 16.2. The van der Waals surface area contributed by atoms with Crippen LogP contribution >= 0.6 is 0 Å². The van der Waals surface area contributed by atoms with Gasteiger partial charge in [-0.3, -0.25) is 9.78 Å². The maximum Gasteiger partial charge on any atom is 0.247 e. The molecule has 1 aliphatic rings. The van der Waals surface area contributed by atoms with Crippen molar-refractivity contribution in [3.63, 3.8) is 0 Å². The van der Waals surface area contributed by atoms with Crippen molar-refractivity contribution in [1.82, 2.24) is 19.9 Å². The van der Waals surface area contributed by atoms with Gasteiger partial charge in [-0.05, 0) is 43.0 Å². The second kappa shape index (κ2) is 8.65. The quantitative estimate of drug-likeness (QED) is 0.663. The molecule has 3 heterocycles. The molecule has 3 aromatic rings. The van der Waals surface area contributed by atoms with Crippen molar-refractivity contribution < 1.29 is 4.79 Å². The molecule has 1 aromatic carbocycles. The summed E-state index contributed by atoms with van der Waals surface area (Å²) in [4.78, 5) is 28.2. The zero-order chi connectivity index (χ0) is 20.1. The average Bonchev–Trinajstić information content (AvgIpc) is 3.25. The van der Waals surface area contributed by atoms with E-state index in [0.29, 0.717) is 12.4 Å². The van der Waals surface area contributed by atoms with Crippen LogP contribution in [0.1, 0.15) is 35.7 Å². The zero-order valence-corrected chi connectivity index (χ0v) is 16.3. The summed E-state index contributed by atoms with van der Waals surface area (Å²) < 4.78 is 0. The van der Waals surface area contributed by atoms with Gasteiger partial charge >= 0.3 is 0 Å². The summed E-state index contributed by atoms with van der Waals surface area (Å²) >= 11 is 0. The van der Waals surface area contributed by atoms with E-state index in [1.807, 2.05) is 60.4 Å². The van der Waals surface area contributed by atoms with Gasteiger partial charge in [0.25, 0.3) is 0 Å². The van der Waals surface area contributed by atoms with Crippen LogP contribution in [0.25, 0.3) is 6.08 Å². The number of carbonyl (C=O) groups excluding carboxylic acids is 1. The number of benzene rings is 1. The molecule has 0 saturated carbocycles. The van der Waals surface area contributed by atoms with Crippen LogP contribution in [0.15, 0.2) is 67.1 Å². The molecule has 6 nitrogen and oxygen atoms in total. The van der Waals surface area contributed by atoms with Crippen LogP contribution in [-0.2, 0) is 4.79 Å². The molecule has 1 amide bonds. The number of carbonyl (C=O) groups is 1. The van der Waals surface area contributed by atoms with Crippen LogP contribution in [0.4, 0.5) is 11.6 Å². The fourth-order valence-corrected chi connectivity index (χ4v) is 3.56. The predicted octanol–water partition coefficient (Wildman–Crippen LogP) is 4.30. The summed E-state index contributed by atoms with van der Waals surface area (Å²) in [7, 11) is 0. The standard InChI is InChI=1S/C23H23N5O/c1-17-7-5-13-25-22(17)27-23-21(24-14-15-26-23)19-10-6-16-28(19)20(29)12-11-18-8-3-2-4-9-18/h2-5,7-9,11-15,19H,6,10,16H2,1H3,(H,25,26,27)/b12-11+. The van der Waals surface area contributed by atoms with Crippen molar-refractivity contribution in [2.24, 2.45) is 0 Å². The Morgan fingerprint density at radius 3 is 2.66 bits per heavy atom. The fraction of sp³-hybridized carbons (Fsp3) is 0.217. The topological polar surface area (TPSA) is 71.0 Å². The van der Waals surface area contributed by atoms with Crippen LogP contribution in [0.5, 0.6) is 0 Å². The first kappa shape index (κ1) is 18.8. The number of hydrogen-bond donors (Lipinski definition) is 1. The fourth-order valence-electron chi connectivity index (χ4n) is 3.56. The lowest BCUT2D eigenvalue weighted by molar-refractivity contribution is -0.126. The van der Waals surface area contributed by atoms with Gasteiger partial charge in [-0.15, -0.1) is 0 Å². The first-order valence-electron chi connectivity index (χ1n) is 9.75. The second-order valence-corrected chi connectivity index (χ2v) is 7.02. The van der Waals surface area contributed by atoms with Crippen molar-refractivity contribution in [1.29, 1.82) is 0 Å². The second-order valence-electron chi connectivity index (χ2n) is 7.02. The van der Waals surface area contributed by atoms with E-state index in [9.17, 15) is 4.79 Å². The number of amides is 1. The van der Waals surface area contributed by atoms with Crippen LogP contribution in [0.3, 0.4) is 0 Å². The molecule has 6 heteroatoms. The van der Waals surface area contributed by atoms with Crippen LogP contribution in [0.2, 0.25) is 0 Å².